The molecule has 0 aromatic rings. The van der Waals surface area contributed by atoms with Crippen molar-refractivity contribution >= 4 is 35.8 Å². The number of carbonyl (C=O) groups excluding carboxylic acids is 2. The molecule has 0 aliphatic carbocycles. The van der Waals surface area contributed by atoms with Gasteiger partial charge in [-0.3, -0.25) is 9.59 Å². The molecule has 4 nitrogen and oxygen atoms in total. The average molecular weight is 632 g/mol. The van der Waals surface area contributed by atoms with Crippen LogP contribution in [0.1, 0.15) is 182 Å². The molecule has 0 rings (SSSR count). The smallest absolute Gasteiger partial charge is 0.466 e. The standard InChI is InChI=1S/2C16H32O2.Sn/c2*1-3-5-7-8-9-10-11-12-13-14-16(17)18-15-6-4-2;/h2*3-15H2,1-2H3;/q;;+4. The van der Waals surface area contributed by atoms with Gasteiger partial charge in [0.1, 0.15) is 0 Å². The van der Waals surface area contributed by atoms with Crippen molar-refractivity contribution in [2.75, 3.05) is 13.2 Å². The van der Waals surface area contributed by atoms with E-state index in [0.29, 0.717) is 26.1 Å². The zero-order valence-corrected chi connectivity index (χ0v) is 28.4. The van der Waals surface area contributed by atoms with Crippen LogP contribution in [0, 0.1) is 0 Å². The molecule has 0 fully saturated rings. The van der Waals surface area contributed by atoms with Gasteiger partial charge in [0.25, 0.3) is 0 Å². The van der Waals surface area contributed by atoms with Crippen molar-refractivity contribution in [1.29, 1.82) is 0 Å². The molecule has 37 heavy (non-hydrogen) atoms. The van der Waals surface area contributed by atoms with E-state index < -0.39 is 0 Å². The minimum absolute atomic E-state index is 0. The topological polar surface area (TPSA) is 52.6 Å². The molecular formula is C32H64O4Sn+4. The fraction of sp³-hybridized carbons (Fsp3) is 0.938. The summed E-state index contributed by atoms with van der Waals surface area (Å²) in [7, 11) is 0. The van der Waals surface area contributed by atoms with Gasteiger partial charge >= 0.3 is 35.8 Å². The van der Waals surface area contributed by atoms with Crippen LogP contribution in [0.25, 0.3) is 0 Å². The molecule has 0 N–H and O–H groups in total. The van der Waals surface area contributed by atoms with Gasteiger partial charge in [-0.2, -0.15) is 0 Å². The first-order valence-corrected chi connectivity index (χ1v) is 15.9. The molecule has 0 saturated carbocycles. The van der Waals surface area contributed by atoms with Gasteiger partial charge in [0.05, 0.1) is 13.2 Å². The molecule has 0 heterocycles. The maximum Gasteiger partial charge on any atom is 4.00 e. The molecule has 0 aromatic carbocycles. The molecule has 0 aliphatic heterocycles. The monoisotopic (exact) mass is 632 g/mol. The van der Waals surface area contributed by atoms with E-state index in [1.54, 1.807) is 0 Å². The van der Waals surface area contributed by atoms with Gasteiger partial charge in [-0.1, -0.05) is 143 Å². The number of hydrogen-bond acceptors (Lipinski definition) is 4. The average Bonchev–Trinajstić information content (AvgIpc) is 2.87. The summed E-state index contributed by atoms with van der Waals surface area (Å²) in [6.07, 6.45) is 28.6. The molecule has 216 valence electrons. The molecular weight excluding hydrogens is 567 g/mol. The third-order valence-corrected chi connectivity index (χ3v) is 6.49. The Kier molecular flexibility index (Phi) is 42.2. The third kappa shape index (κ3) is 40.4. The molecule has 0 spiro atoms. The second kappa shape index (κ2) is 37.9. The Balaban J connectivity index is -0.000000608. The van der Waals surface area contributed by atoms with Gasteiger partial charge in [0.15, 0.2) is 0 Å². The molecule has 0 amide bonds. The van der Waals surface area contributed by atoms with E-state index >= 15 is 0 Å². The first kappa shape index (κ1) is 41.2. The summed E-state index contributed by atoms with van der Waals surface area (Å²) in [5.41, 5.74) is 0. The largest absolute Gasteiger partial charge is 4.00 e. The predicted octanol–water partition coefficient (Wildman–Crippen LogP) is 10.1. The first-order valence-electron chi connectivity index (χ1n) is 15.9. The Morgan fingerprint density at radius 2 is 0.622 bits per heavy atom. The Morgan fingerprint density at radius 1 is 0.378 bits per heavy atom. The fourth-order valence-corrected chi connectivity index (χ4v) is 3.97. The van der Waals surface area contributed by atoms with Crippen molar-refractivity contribution in [3.63, 3.8) is 0 Å². The number of ether oxygens (including phenoxy) is 2. The maximum atomic E-state index is 11.3. The van der Waals surface area contributed by atoms with Crippen LogP contribution < -0.4 is 0 Å². The molecule has 0 unspecified atom stereocenters. The molecule has 0 aromatic heterocycles. The van der Waals surface area contributed by atoms with Crippen LogP contribution in [-0.4, -0.2) is 49.1 Å². The van der Waals surface area contributed by atoms with E-state index in [1.807, 2.05) is 0 Å². The number of carbonyl (C=O) groups is 2. The van der Waals surface area contributed by atoms with Gasteiger partial charge in [-0.05, 0) is 25.7 Å². The van der Waals surface area contributed by atoms with Crippen LogP contribution in [0.2, 0.25) is 0 Å². The SMILES string of the molecule is CCCCCCCCCCCC(=O)OCCCC.CCCCCCCCCCCC(=O)OCCCC.[Sn+4]. The Hall–Kier alpha value is -0.261. The number of hydrogen-bond donors (Lipinski definition) is 0. The summed E-state index contributed by atoms with van der Waals surface area (Å²) in [6, 6.07) is 0. The van der Waals surface area contributed by atoms with Crippen LogP contribution in [0.15, 0.2) is 0 Å². The van der Waals surface area contributed by atoms with Crippen molar-refractivity contribution in [2.45, 2.75) is 182 Å². The summed E-state index contributed by atoms with van der Waals surface area (Å²) in [5, 5.41) is 0. The predicted molar refractivity (Wildman–Crippen MR) is 161 cm³/mol. The summed E-state index contributed by atoms with van der Waals surface area (Å²) < 4.78 is 10.2. The van der Waals surface area contributed by atoms with Crippen LogP contribution in [0.4, 0.5) is 0 Å². The summed E-state index contributed by atoms with van der Waals surface area (Å²) in [6.45, 7) is 9.92. The van der Waals surface area contributed by atoms with Crippen LogP contribution >= 0.6 is 0 Å². The van der Waals surface area contributed by atoms with Gasteiger partial charge in [0.2, 0.25) is 0 Å². The van der Waals surface area contributed by atoms with Crippen molar-refractivity contribution in [2.24, 2.45) is 0 Å². The summed E-state index contributed by atoms with van der Waals surface area (Å²) in [5.74, 6) is -0.0159. The van der Waals surface area contributed by atoms with Gasteiger partial charge < -0.3 is 9.47 Å². The number of esters is 2. The van der Waals surface area contributed by atoms with Crippen molar-refractivity contribution < 1.29 is 19.1 Å². The second-order valence-corrected chi connectivity index (χ2v) is 10.3. The van der Waals surface area contributed by atoms with E-state index in [9.17, 15) is 9.59 Å². The molecule has 0 bridgehead atoms. The van der Waals surface area contributed by atoms with Gasteiger partial charge in [0, 0.05) is 12.8 Å². The molecule has 0 aliphatic rings. The maximum absolute atomic E-state index is 11.3. The van der Waals surface area contributed by atoms with Gasteiger partial charge in [-0.25, -0.2) is 0 Å². The zero-order valence-electron chi connectivity index (χ0n) is 25.5. The summed E-state index contributed by atoms with van der Waals surface area (Å²) >= 11 is 0. The Bertz CT molecular complexity index is 403. The second-order valence-electron chi connectivity index (χ2n) is 10.3. The fourth-order valence-electron chi connectivity index (χ4n) is 3.97. The van der Waals surface area contributed by atoms with Crippen LogP contribution in [0.5, 0.6) is 0 Å². The van der Waals surface area contributed by atoms with Gasteiger partial charge in [-0.15, -0.1) is 0 Å². The zero-order chi connectivity index (χ0) is 27.0. The number of rotatable bonds is 26. The van der Waals surface area contributed by atoms with Crippen molar-refractivity contribution in [3.8, 4) is 0 Å². The quantitative estimate of drug-likeness (QED) is 0.0542. The summed E-state index contributed by atoms with van der Waals surface area (Å²) in [4.78, 5) is 22.6. The Labute approximate surface area is 249 Å². The van der Waals surface area contributed by atoms with E-state index in [0.717, 1.165) is 38.5 Å². The minimum atomic E-state index is -0.00797. The third-order valence-electron chi connectivity index (χ3n) is 6.49. The molecule has 0 saturated heterocycles. The van der Waals surface area contributed by atoms with Crippen LogP contribution in [0.3, 0.4) is 0 Å². The molecule has 0 radical (unpaired) electrons. The van der Waals surface area contributed by atoms with Crippen molar-refractivity contribution in [3.05, 3.63) is 0 Å². The first-order chi connectivity index (χ1) is 17.6. The minimum Gasteiger partial charge on any atom is -0.466 e. The Morgan fingerprint density at radius 3 is 0.892 bits per heavy atom. The van der Waals surface area contributed by atoms with Crippen molar-refractivity contribution in [1.82, 2.24) is 0 Å². The van der Waals surface area contributed by atoms with E-state index in [4.69, 9.17) is 9.47 Å². The van der Waals surface area contributed by atoms with E-state index in [1.165, 1.54) is 103 Å². The molecule has 0 atom stereocenters. The molecule has 5 heteroatoms. The van der Waals surface area contributed by atoms with Crippen LogP contribution in [-0.2, 0) is 19.1 Å². The van der Waals surface area contributed by atoms with E-state index in [-0.39, 0.29) is 35.8 Å². The van der Waals surface area contributed by atoms with E-state index in [2.05, 4.69) is 27.7 Å². The normalized spacial score (nSPS) is 10.3. The number of unbranched alkanes of at least 4 members (excludes halogenated alkanes) is 18.